The SMILES string of the molecule is CCOC(=O)C1=C(CSc2ccc3c(c2)OCCO3)NC(=O)N[C@H]1c1cccs1. The summed E-state index contributed by atoms with van der Waals surface area (Å²) in [5.41, 5.74) is 0.976. The van der Waals surface area contributed by atoms with Crippen molar-refractivity contribution in [2.24, 2.45) is 0 Å². The van der Waals surface area contributed by atoms with E-state index in [9.17, 15) is 9.59 Å². The van der Waals surface area contributed by atoms with E-state index in [2.05, 4.69) is 10.6 Å². The Morgan fingerprint density at radius 2 is 2.10 bits per heavy atom. The Morgan fingerprint density at radius 3 is 2.86 bits per heavy atom. The molecule has 0 fully saturated rings. The molecule has 0 bridgehead atoms. The number of thiophene rings is 1. The van der Waals surface area contributed by atoms with Crippen molar-refractivity contribution in [3.05, 3.63) is 51.9 Å². The number of carbonyl (C=O) groups excluding carboxylic acids is 2. The van der Waals surface area contributed by atoms with Gasteiger partial charge in [-0.25, -0.2) is 9.59 Å². The quantitative estimate of drug-likeness (QED) is 0.537. The maximum Gasteiger partial charge on any atom is 0.338 e. The molecule has 2 aromatic rings. The van der Waals surface area contributed by atoms with E-state index < -0.39 is 12.0 Å². The second-order valence-electron chi connectivity index (χ2n) is 6.25. The van der Waals surface area contributed by atoms with E-state index >= 15 is 0 Å². The topological polar surface area (TPSA) is 85.9 Å². The molecule has 2 amide bonds. The van der Waals surface area contributed by atoms with Crippen LogP contribution in [0.3, 0.4) is 0 Å². The van der Waals surface area contributed by atoms with E-state index in [-0.39, 0.29) is 12.6 Å². The summed E-state index contributed by atoms with van der Waals surface area (Å²) in [6, 6.07) is 8.62. The number of benzene rings is 1. The van der Waals surface area contributed by atoms with Gasteiger partial charge in [-0.2, -0.15) is 0 Å². The van der Waals surface area contributed by atoms with Gasteiger partial charge in [-0.15, -0.1) is 23.1 Å². The zero-order chi connectivity index (χ0) is 20.2. The number of hydrogen-bond donors (Lipinski definition) is 2. The summed E-state index contributed by atoms with van der Waals surface area (Å²) in [4.78, 5) is 26.8. The van der Waals surface area contributed by atoms with Crippen molar-refractivity contribution in [2.45, 2.75) is 17.9 Å². The number of nitrogens with one attached hydrogen (secondary N) is 2. The molecule has 0 spiro atoms. The van der Waals surface area contributed by atoms with Crippen molar-refractivity contribution in [3.63, 3.8) is 0 Å². The first-order valence-corrected chi connectivity index (χ1v) is 11.1. The molecule has 2 aliphatic rings. The van der Waals surface area contributed by atoms with Crippen LogP contribution in [-0.4, -0.2) is 37.6 Å². The molecule has 0 aliphatic carbocycles. The molecule has 0 radical (unpaired) electrons. The van der Waals surface area contributed by atoms with Crippen LogP contribution in [0.1, 0.15) is 17.8 Å². The number of thioether (sulfide) groups is 1. The van der Waals surface area contributed by atoms with Gasteiger partial charge in [0.15, 0.2) is 11.5 Å². The van der Waals surface area contributed by atoms with E-state index in [1.54, 1.807) is 6.92 Å². The van der Waals surface area contributed by atoms with Crippen LogP contribution in [-0.2, 0) is 9.53 Å². The Balaban J connectivity index is 1.61. The molecular formula is C20H20N2O5S2. The van der Waals surface area contributed by atoms with Gasteiger partial charge >= 0.3 is 12.0 Å². The summed E-state index contributed by atoms with van der Waals surface area (Å²) in [6.45, 7) is 3.08. The van der Waals surface area contributed by atoms with Gasteiger partial charge in [-0.05, 0) is 36.6 Å². The summed E-state index contributed by atoms with van der Waals surface area (Å²) >= 11 is 2.98. The number of amides is 2. The van der Waals surface area contributed by atoms with E-state index in [0.717, 1.165) is 15.5 Å². The number of urea groups is 1. The highest BCUT2D eigenvalue weighted by Gasteiger charge is 2.34. The van der Waals surface area contributed by atoms with Crippen LogP contribution in [0.25, 0.3) is 0 Å². The average molecular weight is 433 g/mol. The maximum absolute atomic E-state index is 12.7. The molecule has 152 valence electrons. The molecule has 3 heterocycles. The number of hydrogen-bond acceptors (Lipinski definition) is 7. The van der Waals surface area contributed by atoms with Gasteiger partial charge in [0.25, 0.3) is 0 Å². The van der Waals surface area contributed by atoms with E-state index in [1.165, 1.54) is 23.1 Å². The third-order valence-electron chi connectivity index (χ3n) is 4.37. The lowest BCUT2D eigenvalue weighted by Gasteiger charge is -2.28. The summed E-state index contributed by atoms with van der Waals surface area (Å²) in [5, 5.41) is 7.53. The van der Waals surface area contributed by atoms with Crippen molar-refractivity contribution >= 4 is 35.1 Å². The van der Waals surface area contributed by atoms with Crippen LogP contribution in [0.2, 0.25) is 0 Å². The average Bonchev–Trinajstić information content (AvgIpc) is 3.26. The standard InChI is InChI=1S/C20H20N2O5S2/c1-2-25-19(23)17-13(21-20(24)22-18(17)16-4-3-9-28-16)11-29-12-5-6-14-15(10-12)27-8-7-26-14/h3-6,9-10,18H,2,7-8,11H2,1H3,(H2,21,22,24)/t18-/m0/s1. The zero-order valence-corrected chi connectivity index (χ0v) is 17.4. The fourth-order valence-corrected chi connectivity index (χ4v) is 4.80. The molecule has 2 N–H and O–H groups in total. The molecule has 9 heteroatoms. The summed E-state index contributed by atoms with van der Waals surface area (Å²) in [7, 11) is 0. The number of carbonyl (C=O) groups is 2. The molecule has 0 saturated heterocycles. The Hall–Kier alpha value is -2.65. The lowest BCUT2D eigenvalue weighted by atomic mass is 10.0. The fraction of sp³-hybridized carbons (Fsp3) is 0.300. The first-order valence-electron chi connectivity index (χ1n) is 9.19. The smallest absolute Gasteiger partial charge is 0.338 e. The lowest BCUT2D eigenvalue weighted by molar-refractivity contribution is -0.139. The molecule has 7 nitrogen and oxygen atoms in total. The molecule has 1 aromatic heterocycles. The molecule has 2 aliphatic heterocycles. The number of ether oxygens (including phenoxy) is 3. The second kappa shape index (κ2) is 8.79. The molecule has 1 aromatic carbocycles. The van der Waals surface area contributed by atoms with Crippen LogP contribution >= 0.6 is 23.1 Å². The van der Waals surface area contributed by atoms with E-state index in [4.69, 9.17) is 14.2 Å². The highest BCUT2D eigenvalue weighted by molar-refractivity contribution is 7.99. The van der Waals surface area contributed by atoms with Crippen LogP contribution in [0, 0.1) is 0 Å². The number of fused-ring (bicyclic) bond motifs is 1. The maximum atomic E-state index is 12.7. The Morgan fingerprint density at radius 1 is 1.28 bits per heavy atom. The first-order chi connectivity index (χ1) is 14.2. The van der Waals surface area contributed by atoms with Crippen molar-refractivity contribution < 1.29 is 23.8 Å². The van der Waals surface area contributed by atoms with Gasteiger partial charge in [0.1, 0.15) is 13.2 Å². The van der Waals surface area contributed by atoms with E-state index in [0.29, 0.717) is 36.0 Å². The minimum atomic E-state index is -0.529. The molecule has 0 saturated carbocycles. The van der Waals surface area contributed by atoms with Crippen molar-refractivity contribution in [1.29, 1.82) is 0 Å². The van der Waals surface area contributed by atoms with Gasteiger partial charge in [0.05, 0.1) is 18.2 Å². The van der Waals surface area contributed by atoms with Gasteiger partial charge < -0.3 is 24.8 Å². The van der Waals surface area contributed by atoms with E-state index in [1.807, 2.05) is 35.7 Å². The summed E-state index contributed by atoms with van der Waals surface area (Å²) < 4.78 is 16.4. The zero-order valence-electron chi connectivity index (χ0n) is 15.7. The Bertz CT molecular complexity index is 942. The second-order valence-corrected chi connectivity index (χ2v) is 8.28. The molecule has 29 heavy (non-hydrogen) atoms. The Labute approximate surface area is 176 Å². The first kappa shape index (κ1) is 19.7. The third kappa shape index (κ3) is 4.35. The van der Waals surface area contributed by atoms with Gasteiger partial charge in [0.2, 0.25) is 0 Å². The monoisotopic (exact) mass is 432 g/mol. The Kier molecular flexibility index (Phi) is 5.96. The highest BCUT2D eigenvalue weighted by Crippen LogP contribution is 2.36. The predicted molar refractivity (Wildman–Crippen MR) is 111 cm³/mol. The van der Waals surface area contributed by atoms with Crippen LogP contribution in [0.5, 0.6) is 11.5 Å². The molecule has 4 rings (SSSR count). The van der Waals surface area contributed by atoms with Gasteiger partial charge in [-0.3, -0.25) is 0 Å². The molecular weight excluding hydrogens is 412 g/mol. The fourth-order valence-electron chi connectivity index (χ4n) is 3.12. The van der Waals surface area contributed by atoms with Gasteiger partial charge in [0, 0.05) is 21.2 Å². The van der Waals surface area contributed by atoms with Crippen molar-refractivity contribution in [3.8, 4) is 11.5 Å². The molecule has 0 unspecified atom stereocenters. The van der Waals surface area contributed by atoms with Crippen molar-refractivity contribution in [1.82, 2.24) is 10.6 Å². The van der Waals surface area contributed by atoms with Gasteiger partial charge in [-0.1, -0.05) is 6.07 Å². The number of esters is 1. The third-order valence-corrected chi connectivity index (χ3v) is 6.33. The number of rotatable bonds is 6. The minimum absolute atomic E-state index is 0.260. The minimum Gasteiger partial charge on any atom is -0.486 e. The van der Waals surface area contributed by atoms with Crippen molar-refractivity contribution in [2.75, 3.05) is 25.6 Å². The molecule has 1 atom stereocenters. The largest absolute Gasteiger partial charge is 0.486 e. The van der Waals surface area contributed by atoms with Crippen LogP contribution in [0.15, 0.2) is 51.9 Å². The van der Waals surface area contributed by atoms with Crippen LogP contribution in [0.4, 0.5) is 4.79 Å². The lowest BCUT2D eigenvalue weighted by Crippen LogP contribution is -2.46. The summed E-state index contributed by atoms with van der Waals surface area (Å²) in [5.74, 6) is 1.39. The normalized spacial score (nSPS) is 18.1. The summed E-state index contributed by atoms with van der Waals surface area (Å²) in [6.07, 6.45) is 0. The predicted octanol–water partition coefficient (Wildman–Crippen LogP) is 3.48. The van der Waals surface area contributed by atoms with Crippen LogP contribution < -0.4 is 20.1 Å². The highest BCUT2D eigenvalue weighted by atomic mass is 32.2.